The fraction of sp³-hybridized carbons (Fsp3) is 0.120. The summed E-state index contributed by atoms with van der Waals surface area (Å²) in [6.07, 6.45) is 4.91. The van der Waals surface area contributed by atoms with Crippen molar-refractivity contribution in [3.63, 3.8) is 0 Å². The van der Waals surface area contributed by atoms with Gasteiger partial charge in [-0.3, -0.25) is 14.6 Å². The van der Waals surface area contributed by atoms with Crippen LogP contribution in [0.2, 0.25) is 0 Å². The van der Waals surface area contributed by atoms with Crippen LogP contribution in [-0.2, 0) is 4.79 Å². The molecule has 0 spiro atoms. The van der Waals surface area contributed by atoms with Gasteiger partial charge >= 0.3 is 0 Å². The van der Waals surface area contributed by atoms with Gasteiger partial charge in [-0.1, -0.05) is 18.2 Å². The highest BCUT2D eigenvalue weighted by Gasteiger charge is 2.21. The van der Waals surface area contributed by atoms with Crippen molar-refractivity contribution >= 4 is 34.1 Å². The molecule has 3 heterocycles. The van der Waals surface area contributed by atoms with Gasteiger partial charge < -0.3 is 10.2 Å². The fourth-order valence-electron chi connectivity index (χ4n) is 3.87. The minimum Gasteiger partial charge on any atom is -0.322 e. The van der Waals surface area contributed by atoms with Crippen LogP contribution < -0.4 is 10.2 Å². The lowest BCUT2D eigenvalue weighted by Gasteiger charge is -2.16. The molecule has 31 heavy (non-hydrogen) atoms. The average molecular weight is 408 g/mol. The van der Waals surface area contributed by atoms with Gasteiger partial charge in [0.15, 0.2) is 0 Å². The first kappa shape index (κ1) is 18.9. The molecule has 2 aromatic heterocycles. The van der Waals surface area contributed by atoms with E-state index in [9.17, 15) is 9.59 Å². The van der Waals surface area contributed by atoms with E-state index in [0.717, 1.165) is 35.1 Å². The average Bonchev–Trinajstić information content (AvgIpc) is 3.25. The maximum Gasteiger partial charge on any atom is 0.256 e. The van der Waals surface area contributed by atoms with Crippen LogP contribution in [0.5, 0.6) is 0 Å². The number of nitrogens with zero attached hydrogens (tertiary/aromatic N) is 3. The maximum atomic E-state index is 13.2. The molecule has 1 N–H and O–H groups in total. The molecule has 6 nitrogen and oxygen atoms in total. The third kappa shape index (κ3) is 3.75. The number of hydrogen-bond acceptors (Lipinski definition) is 4. The molecule has 4 aromatic rings. The largest absolute Gasteiger partial charge is 0.322 e. The molecule has 152 valence electrons. The van der Waals surface area contributed by atoms with Gasteiger partial charge in [0.1, 0.15) is 0 Å². The minimum absolute atomic E-state index is 0.142. The van der Waals surface area contributed by atoms with Crippen LogP contribution in [0.15, 0.2) is 79.1 Å². The molecule has 1 fully saturated rings. The quantitative estimate of drug-likeness (QED) is 0.532. The van der Waals surface area contributed by atoms with Crippen LogP contribution >= 0.6 is 0 Å². The summed E-state index contributed by atoms with van der Waals surface area (Å²) < 4.78 is 0. The molecule has 6 heteroatoms. The van der Waals surface area contributed by atoms with Gasteiger partial charge in [-0.15, -0.1) is 0 Å². The number of amides is 2. The molecule has 2 amide bonds. The van der Waals surface area contributed by atoms with Crippen molar-refractivity contribution in [1.82, 2.24) is 9.97 Å². The lowest BCUT2D eigenvalue weighted by atomic mass is 10.0. The monoisotopic (exact) mass is 408 g/mol. The highest BCUT2D eigenvalue weighted by Crippen LogP contribution is 2.26. The Kier molecular flexibility index (Phi) is 4.88. The Hall–Kier alpha value is -4.06. The van der Waals surface area contributed by atoms with Crippen LogP contribution in [0.4, 0.5) is 11.4 Å². The predicted molar refractivity (Wildman–Crippen MR) is 121 cm³/mol. The number of anilines is 2. The molecule has 0 radical (unpaired) electrons. The predicted octanol–water partition coefficient (Wildman–Crippen LogP) is 4.68. The molecule has 0 unspecified atom stereocenters. The van der Waals surface area contributed by atoms with E-state index in [-0.39, 0.29) is 11.8 Å². The number of benzene rings is 2. The van der Waals surface area contributed by atoms with E-state index < -0.39 is 0 Å². The molecular weight excluding hydrogens is 388 g/mol. The van der Waals surface area contributed by atoms with E-state index in [1.54, 1.807) is 23.4 Å². The Balaban J connectivity index is 1.46. The smallest absolute Gasteiger partial charge is 0.256 e. The summed E-state index contributed by atoms with van der Waals surface area (Å²) in [7, 11) is 0. The summed E-state index contributed by atoms with van der Waals surface area (Å²) in [6, 6.07) is 20.5. The van der Waals surface area contributed by atoms with Gasteiger partial charge in [0.05, 0.1) is 16.8 Å². The molecule has 1 saturated heterocycles. The third-order valence-corrected chi connectivity index (χ3v) is 5.43. The van der Waals surface area contributed by atoms with E-state index >= 15 is 0 Å². The zero-order chi connectivity index (χ0) is 21.2. The first-order valence-electron chi connectivity index (χ1n) is 10.2. The normalized spacial score (nSPS) is 13.5. The molecule has 2 aromatic carbocycles. The summed E-state index contributed by atoms with van der Waals surface area (Å²) in [6.45, 7) is 0.741. The number of rotatable bonds is 4. The van der Waals surface area contributed by atoms with Gasteiger partial charge in [-0.05, 0) is 55.0 Å². The lowest BCUT2D eigenvalue weighted by molar-refractivity contribution is -0.117. The number of fused-ring (bicyclic) bond motifs is 1. The lowest BCUT2D eigenvalue weighted by Crippen LogP contribution is -2.23. The second-order valence-electron chi connectivity index (χ2n) is 7.46. The van der Waals surface area contributed by atoms with Crippen molar-refractivity contribution < 1.29 is 9.59 Å². The third-order valence-electron chi connectivity index (χ3n) is 5.43. The van der Waals surface area contributed by atoms with Crippen molar-refractivity contribution in [2.75, 3.05) is 16.8 Å². The Labute approximate surface area is 179 Å². The molecule has 0 saturated carbocycles. The fourth-order valence-corrected chi connectivity index (χ4v) is 3.87. The highest BCUT2D eigenvalue weighted by atomic mass is 16.2. The number of nitrogens with one attached hydrogen (secondary N) is 1. The summed E-state index contributed by atoms with van der Waals surface area (Å²) >= 11 is 0. The zero-order valence-corrected chi connectivity index (χ0v) is 16.8. The molecule has 1 aliphatic rings. The highest BCUT2D eigenvalue weighted by molar-refractivity contribution is 6.13. The van der Waals surface area contributed by atoms with E-state index in [0.29, 0.717) is 23.4 Å². The number of pyridine rings is 2. The van der Waals surface area contributed by atoms with E-state index in [4.69, 9.17) is 4.98 Å². The first-order valence-corrected chi connectivity index (χ1v) is 10.2. The van der Waals surface area contributed by atoms with Gasteiger partial charge in [0.2, 0.25) is 5.91 Å². The van der Waals surface area contributed by atoms with Crippen molar-refractivity contribution in [3.8, 4) is 11.3 Å². The molecule has 1 aliphatic heterocycles. The Morgan fingerprint density at radius 3 is 2.58 bits per heavy atom. The minimum atomic E-state index is -0.214. The van der Waals surface area contributed by atoms with E-state index in [2.05, 4.69) is 10.3 Å². The van der Waals surface area contributed by atoms with Crippen LogP contribution in [0.25, 0.3) is 22.2 Å². The summed E-state index contributed by atoms with van der Waals surface area (Å²) in [5.41, 5.74) is 4.36. The van der Waals surface area contributed by atoms with Gasteiger partial charge in [0.25, 0.3) is 5.91 Å². The number of aromatic nitrogens is 2. The standard InChI is InChI=1S/C25H20N4O2/c30-24-8-4-14-29(24)19-11-9-18(10-12-19)27-25(31)21-15-23(17-5-3-13-26-16-17)28-22-7-2-1-6-20(21)22/h1-3,5-7,9-13,15-16H,4,8,14H2,(H,27,31). The first-order chi connectivity index (χ1) is 15.2. The molecule has 0 aliphatic carbocycles. The van der Waals surface area contributed by atoms with Crippen molar-refractivity contribution in [2.24, 2.45) is 0 Å². The second-order valence-corrected chi connectivity index (χ2v) is 7.46. The number of carbonyl (C=O) groups excluding carboxylic acids is 2. The second kappa shape index (κ2) is 7.99. The van der Waals surface area contributed by atoms with Crippen molar-refractivity contribution in [2.45, 2.75) is 12.8 Å². The van der Waals surface area contributed by atoms with Crippen molar-refractivity contribution in [3.05, 3.63) is 84.7 Å². The van der Waals surface area contributed by atoms with Crippen LogP contribution in [0, 0.1) is 0 Å². The molecule has 5 rings (SSSR count). The van der Waals surface area contributed by atoms with Crippen LogP contribution in [-0.4, -0.2) is 28.3 Å². The Morgan fingerprint density at radius 2 is 1.84 bits per heavy atom. The van der Waals surface area contributed by atoms with Crippen LogP contribution in [0.3, 0.4) is 0 Å². The van der Waals surface area contributed by atoms with E-state index in [1.807, 2.05) is 60.7 Å². The zero-order valence-electron chi connectivity index (χ0n) is 16.8. The number of para-hydroxylation sites is 1. The van der Waals surface area contributed by atoms with Gasteiger partial charge in [-0.25, -0.2) is 4.98 Å². The topological polar surface area (TPSA) is 75.2 Å². The van der Waals surface area contributed by atoms with Crippen molar-refractivity contribution in [1.29, 1.82) is 0 Å². The van der Waals surface area contributed by atoms with Gasteiger partial charge in [-0.2, -0.15) is 0 Å². The number of carbonyl (C=O) groups is 2. The molecule has 0 atom stereocenters. The van der Waals surface area contributed by atoms with Gasteiger partial charge in [0, 0.05) is 47.7 Å². The van der Waals surface area contributed by atoms with Crippen LogP contribution in [0.1, 0.15) is 23.2 Å². The maximum absolute atomic E-state index is 13.2. The Bertz CT molecular complexity index is 1270. The Morgan fingerprint density at radius 1 is 1.00 bits per heavy atom. The SMILES string of the molecule is O=C(Nc1ccc(N2CCCC2=O)cc1)c1cc(-c2cccnc2)nc2ccccc12. The summed E-state index contributed by atoms with van der Waals surface area (Å²) in [5, 5.41) is 3.76. The number of hydrogen-bond donors (Lipinski definition) is 1. The summed E-state index contributed by atoms with van der Waals surface area (Å²) in [5.74, 6) is -0.0725. The molecule has 0 bridgehead atoms. The molecular formula is C25H20N4O2. The summed E-state index contributed by atoms with van der Waals surface area (Å²) in [4.78, 5) is 35.8. The van der Waals surface area contributed by atoms with E-state index in [1.165, 1.54) is 0 Å².